The summed E-state index contributed by atoms with van der Waals surface area (Å²) in [5, 5.41) is 6.30. The molecule has 0 bridgehead atoms. The number of likely N-dealkylation sites (tertiary alicyclic amines) is 1. The maximum absolute atomic E-state index is 13.8. The Bertz CT molecular complexity index is 1120. The SMILES string of the molecule is NC(=O)C1CCN(C(=O)N[C@H](Cc2cc(Br)c(N)c(Br)c2)C(=O)C2CN(c3ccncc3)CCN2)CC1. The van der Waals surface area contributed by atoms with Crippen molar-refractivity contribution in [1.82, 2.24) is 20.5 Å². The number of nitrogens with zero attached hydrogens (tertiary/aromatic N) is 3. The minimum Gasteiger partial charge on any atom is -0.397 e. The number of piperazine rings is 1. The highest BCUT2D eigenvalue weighted by molar-refractivity contribution is 9.11. The number of carbonyl (C=O) groups is 3. The molecule has 2 aliphatic rings. The van der Waals surface area contributed by atoms with Gasteiger partial charge in [-0.05, 0) is 81.0 Å². The lowest BCUT2D eigenvalue weighted by atomic mass is 9.95. The lowest BCUT2D eigenvalue weighted by Gasteiger charge is -2.37. The zero-order valence-electron chi connectivity index (χ0n) is 20.3. The van der Waals surface area contributed by atoms with Crippen molar-refractivity contribution in [1.29, 1.82) is 0 Å². The van der Waals surface area contributed by atoms with Crippen molar-refractivity contribution >= 4 is 61.0 Å². The van der Waals surface area contributed by atoms with E-state index in [2.05, 4.69) is 52.4 Å². The fourth-order valence-corrected chi connectivity index (χ4v) is 6.07. The molecule has 3 amide bonds. The van der Waals surface area contributed by atoms with Gasteiger partial charge in [0.05, 0.1) is 17.8 Å². The van der Waals surface area contributed by atoms with Crippen LogP contribution in [0.3, 0.4) is 0 Å². The van der Waals surface area contributed by atoms with E-state index < -0.39 is 12.1 Å². The third kappa shape index (κ3) is 6.79. The van der Waals surface area contributed by atoms with Gasteiger partial charge in [0.25, 0.3) is 0 Å². The molecule has 0 saturated carbocycles. The van der Waals surface area contributed by atoms with Crippen LogP contribution in [-0.2, 0) is 16.0 Å². The Morgan fingerprint density at radius 1 is 1.11 bits per heavy atom. The van der Waals surface area contributed by atoms with Crippen LogP contribution in [0.5, 0.6) is 0 Å². The van der Waals surface area contributed by atoms with Gasteiger partial charge in [-0.3, -0.25) is 14.6 Å². The quantitative estimate of drug-likeness (QED) is 0.340. The summed E-state index contributed by atoms with van der Waals surface area (Å²) >= 11 is 6.94. The molecule has 1 aromatic heterocycles. The van der Waals surface area contributed by atoms with Crippen LogP contribution in [0.4, 0.5) is 16.2 Å². The smallest absolute Gasteiger partial charge is 0.317 e. The minimum absolute atomic E-state index is 0.0943. The Kier molecular flexibility index (Phi) is 9.04. The first-order chi connectivity index (χ1) is 17.7. The van der Waals surface area contributed by atoms with Crippen LogP contribution in [0.15, 0.2) is 45.6 Å². The van der Waals surface area contributed by atoms with Crippen molar-refractivity contribution < 1.29 is 14.4 Å². The summed E-state index contributed by atoms with van der Waals surface area (Å²) in [6.45, 7) is 2.71. The zero-order valence-corrected chi connectivity index (χ0v) is 23.5. The topological polar surface area (TPSA) is 147 Å². The van der Waals surface area contributed by atoms with Crippen molar-refractivity contribution in [3.63, 3.8) is 0 Å². The number of ketones is 1. The number of aromatic nitrogens is 1. The molecule has 2 atom stereocenters. The molecule has 4 rings (SSSR count). The number of pyridine rings is 1. The predicted octanol–water partition coefficient (Wildman–Crippen LogP) is 2.05. The summed E-state index contributed by atoms with van der Waals surface area (Å²) in [5.41, 5.74) is 13.9. The third-order valence-electron chi connectivity index (χ3n) is 6.95. The van der Waals surface area contributed by atoms with Crippen LogP contribution in [0.25, 0.3) is 0 Å². The molecule has 1 aromatic carbocycles. The van der Waals surface area contributed by atoms with Crippen LogP contribution < -0.4 is 27.0 Å². The van der Waals surface area contributed by atoms with E-state index in [1.54, 1.807) is 17.3 Å². The van der Waals surface area contributed by atoms with E-state index in [9.17, 15) is 14.4 Å². The molecule has 0 radical (unpaired) electrons. The number of carbonyl (C=O) groups excluding carboxylic acids is 3. The number of nitrogen functional groups attached to an aromatic ring is 1. The van der Waals surface area contributed by atoms with Crippen LogP contribution in [-0.4, -0.2) is 72.4 Å². The van der Waals surface area contributed by atoms with Gasteiger partial charge in [0.2, 0.25) is 5.91 Å². The van der Waals surface area contributed by atoms with Gasteiger partial charge in [-0.25, -0.2) is 4.79 Å². The van der Waals surface area contributed by atoms with Crippen molar-refractivity contribution in [2.45, 2.75) is 31.3 Å². The third-order valence-corrected chi connectivity index (χ3v) is 8.26. The number of nitrogens with one attached hydrogen (secondary N) is 2. The molecule has 10 nitrogen and oxygen atoms in total. The number of hydrogen-bond acceptors (Lipinski definition) is 7. The second kappa shape index (κ2) is 12.2. The summed E-state index contributed by atoms with van der Waals surface area (Å²) in [4.78, 5) is 46.4. The lowest BCUT2D eigenvalue weighted by molar-refractivity contribution is -0.123. The van der Waals surface area contributed by atoms with Gasteiger partial charge in [-0.1, -0.05) is 0 Å². The van der Waals surface area contributed by atoms with E-state index in [1.807, 2.05) is 24.3 Å². The second-order valence-electron chi connectivity index (χ2n) is 9.40. The second-order valence-corrected chi connectivity index (χ2v) is 11.1. The summed E-state index contributed by atoms with van der Waals surface area (Å²) in [5.74, 6) is -0.658. The fraction of sp³-hybridized carbons (Fsp3) is 0.440. The normalized spacial score (nSPS) is 19.4. The predicted molar refractivity (Wildman–Crippen MR) is 149 cm³/mol. The van der Waals surface area contributed by atoms with Gasteiger partial charge in [-0.2, -0.15) is 0 Å². The number of hydrogen-bond donors (Lipinski definition) is 4. The van der Waals surface area contributed by atoms with Gasteiger partial charge >= 0.3 is 6.03 Å². The number of rotatable bonds is 7. The van der Waals surface area contributed by atoms with Crippen molar-refractivity contribution in [3.8, 4) is 0 Å². The highest BCUT2D eigenvalue weighted by Crippen LogP contribution is 2.30. The summed E-state index contributed by atoms with van der Waals surface area (Å²) in [6, 6.07) is 6.02. The number of piperidine rings is 1. The van der Waals surface area contributed by atoms with Crippen LogP contribution in [0.1, 0.15) is 18.4 Å². The fourth-order valence-electron chi connectivity index (χ4n) is 4.79. The number of amides is 3. The number of anilines is 2. The largest absolute Gasteiger partial charge is 0.397 e. The molecule has 0 spiro atoms. The van der Waals surface area contributed by atoms with E-state index in [0.717, 1.165) is 17.8 Å². The first kappa shape index (κ1) is 27.3. The molecule has 3 heterocycles. The van der Waals surface area contributed by atoms with E-state index in [-0.39, 0.29) is 23.6 Å². The first-order valence-electron chi connectivity index (χ1n) is 12.2. The Morgan fingerprint density at radius 3 is 2.38 bits per heavy atom. The molecule has 2 aromatic rings. The molecule has 0 aliphatic carbocycles. The first-order valence-corrected chi connectivity index (χ1v) is 13.8. The molecule has 6 N–H and O–H groups in total. The number of urea groups is 1. The van der Waals surface area contributed by atoms with Crippen molar-refractivity contribution in [3.05, 3.63) is 51.2 Å². The Labute approximate surface area is 232 Å². The molecule has 2 saturated heterocycles. The highest BCUT2D eigenvalue weighted by atomic mass is 79.9. The molecular weight excluding hydrogens is 606 g/mol. The van der Waals surface area contributed by atoms with E-state index >= 15 is 0 Å². The van der Waals surface area contributed by atoms with Crippen LogP contribution in [0.2, 0.25) is 0 Å². The summed E-state index contributed by atoms with van der Waals surface area (Å²) < 4.78 is 1.42. The molecule has 2 fully saturated rings. The maximum atomic E-state index is 13.8. The molecule has 1 unspecified atom stereocenters. The zero-order chi connectivity index (χ0) is 26.5. The Morgan fingerprint density at radius 2 is 1.76 bits per heavy atom. The standard InChI is InChI=1S/C25H31Br2N7O3/c26-18-11-15(12-19(27)22(18)28)13-20(32-25(37)33-8-3-16(4-9-33)24(29)36)23(35)21-14-34(10-7-31-21)17-1-5-30-6-2-17/h1-2,5-6,11-12,16,20-21,31H,3-4,7-10,13-14,28H2,(H2,29,36)(H,32,37)/t20-,21?/m1/s1. The molecular formula is C25H31Br2N7O3. The van der Waals surface area contributed by atoms with E-state index in [1.165, 1.54) is 0 Å². The van der Waals surface area contributed by atoms with Gasteiger partial charge in [0, 0.05) is 65.7 Å². The molecule has 37 heavy (non-hydrogen) atoms. The van der Waals surface area contributed by atoms with E-state index in [4.69, 9.17) is 11.5 Å². The van der Waals surface area contributed by atoms with Gasteiger partial charge in [0.15, 0.2) is 5.78 Å². The van der Waals surface area contributed by atoms with Crippen LogP contribution >= 0.6 is 31.9 Å². The number of primary amides is 1. The summed E-state index contributed by atoms with van der Waals surface area (Å²) in [7, 11) is 0. The van der Waals surface area contributed by atoms with Crippen molar-refractivity contribution in [2.24, 2.45) is 11.7 Å². The number of Topliss-reactive ketones (excluding diaryl/α,β-unsaturated/α-hetero) is 1. The average Bonchev–Trinajstić information content (AvgIpc) is 2.91. The van der Waals surface area contributed by atoms with Crippen molar-refractivity contribution in [2.75, 3.05) is 43.4 Å². The van der Waals surface area contributed by atoms with Gasteiger partial charge in [-0.15, -0.1) is 0 Å². The van der Waals surface area contributed by atoms with E-state index in [0.29, 0.717) is 60.1 Å². The van der Waals surface area contributed by atoms with Gasteiger partial charge in [0.1, 0.15) is 0 Å². The Hall–Kier alpha value is -2.70. The number of benzene rings is 1. The number of nitrogens with two attached hydrogens (primary N) is 2. The maximum Gasteiger partial charge on any atom is 0.317 e. The van der Waals surface area contributed by atoms with Crippen LogP contribution in [0, 0.1) is 5.92 Å². The Balaban J connectivity index is 1.51. The van der Waals surface area contributed by atoms with Gasteiger partial charge < -0.3 is 31.9 Å². The monoisotopic (exact) mass is 635 g/mol. The highest BCUT2D eigenvalue weighted by Gasteiger charge is 2.34. The summed E-state index contributed by atoms with van der Waals surface area (Å²) in [6.07, 6.45) is 4.80. The molecule has 198 valence electrons. The lowest BCUT2D eigenvalue weighted by Crippen LogP contribution is -2.60. The molecule has 12 heteroatoms. The average molecular weight is 637 g/mol. The molecule has 2 aliphatic heterocycles. The number of halogens is 2. The minimum atomic E-state index is -0.765.